The first kappa shape index (κ1) is 24.7. The molecule has 0 saturated heterocycles. The van der Waals surface area contributed by atoms with Gasteiger partial charge in [-0.05, 0) is 31.5 Å². The van der Waals surface area contributed by atoms with Crippen LogP contribution in [-0.4, -0.2) is 35.8 Å². The topological polar surface area (TPSA) is 136 Å². The maximum Gasteiger partial charge on any atom is 0.324 e. The summed E-state index contributed by atoms with van der Waals surface area (Å²) < 4.78 is 40.0. The normalized spacial score (nSPS) is 11.0. The Bertz CT molecular complexity index is 1380. The molecule has 0 unspecified atom stereocenters. The van der Waals surface area contributed by atoms with E-state index in [1.807, 2.05) is 13.0 Å². The van der Waals surface area contributed by atoms with Crippen molar-refractivity contribution in [3.63, 3.8) is 0 Å². The second-order valence-corrected chi connectivity index (χ2v) is 9.42. The first-order chi connectivity index (χ1) is 16.2. The predicted octanol–water partition coefficient (Wildman–Crippen LogP) is 3.37. The van der Waals surface area contributed by atoms with Gasteiger partial charge in [-0.3, -0.25) is 9.52 Å². The molecule has 0 fully saturated rings. The molecular formula is C23H25N5O5S. The van der Waals surface area contributed by atoms with Crippen LogP contribution in [0.15, 0.2) is 41.3 Å². The number of sulfonamides is 1. The lowest BCUT2D eigenvalue weighted by molar-refractivity contribution is 0.368. The molecule has 1 N–H and O–H groups in total. The van der Waals surface area contributed by atoms with Crippen molar-refractivity contribution >= 4 is 15.8 Å². The number of hydrogen-bond acceptors (Lipinski definition) is 8. The number of nitrogens with one attached hydrogen (secondary N) is 1. The lowest BCUT2D eigenvalue weighted by atomic mass is 10.1. The highest BCUT2D eigenvalue weighted by atomic mass is 32.2. The van der Waals surface area contributed by atoms with Crippen molar-refractivity contribution in [1.29, 1.82) is 5.26 Å². The predicted molar refractivity (Wildman–Crippen MR) is 128 cm³/mol. The van der Waals surface area contributed by atoms with Gasteiger partial charge in [-0.2, -0.15) is 15.2 Å². The molecule has 3 rings (SSSR count). The Labute approximate surface area is 197 Å². The van der Waals surface area contributed by atoms with Gasteiger partial charge in [-0.25, -0.2) is 8.42 Å². The third-order valence-electron chi connectivity index (χ3n) is 4.90. The maximum atomic E-state index is 12.5. The second kappa shape index (κ2) is 10.4. The number of nitriles is 1. The number of methoxy groups -OCH3 is 1. The number of nitrogens with zero attached hydrogens (tertiary/aromatic N) is 4. The van der Waals surface area contributed by atoms with E-state index in [-0.39, 0.29) is 40.2 Å². The van der Waals surface area contributed by atoms with E-state index < -0.39 is 10.0 Å². The van der Waals surface area contributed by atoms with Crippen LogP contribution < -0.4 is 19.8 Å². The standard InChI is InChI=1S/C23H25N5O5S/c1-5-6-10-34(30,31)27-20-12-18(17-11-15(2)22(29)28(3)14-17)25-23(26-20)33-21-16(13-24)8-7-9-19(21)32-4/h7-9,11-12,14H,5-6,10H2,1-4H3,(H,25,26,27). The summed E-state index contributed by atoms with van der Waals surface area (Å²) in [4.78, 5) is 20.7. The fraction of sp³-hybridized carbons (Fsp3) is 0.304. The summed E-state index contributed by atoms with van der Waals surface area (Å²) in [7, 11) is -0.619. The molecule has 0 radical (unpaired) electrons. The van der Waals surface area contributed by atoms with Gasteiger partial charge in [0, 0.05) is 30.4 Å². The molecule has 2 heterocycles. The smallest absolute Gasteiger partial charge is 0.324 e. The minimum absolute atomic E-state index is 0.00369. The van der Waals surface area contributed by atoms with Gasteiger partial charge in [0.1, 0.15) is 11.9 Å². The number of rotatable bonds is 9. The molecule has 11 heteroatoms. The summed E-state index contributed by atoms with van der Waals surface area (Å²) >= 11 is 0. The van der Waals surface area contributed by atoms with Crippen LogP contribution >= 0.6 is 0 Å². The van der Waals surface area contributed by atoms with E-state index >= 15 is 0 Å². The second-order valence-electron chi connectivity index (χ2n) is 7.57. The van der Waals surface area contributed by atoms with Crippen LogP contribution in [0, 0.1) is 18.3 Å². The summed E-state index contributed by atoms with van der Waals surface area (Å²) in [6.45, 7) is 3.57. The molecule has 2 aromatic heterocycles. The average molecular weight is 484 g/mol. The van der Waals surface area contributed by atoms with Gasteiger partial charge in [-0.1, -0.05) is 19.4 Å². The Balaban J connectivity index is 2.14. The molecule has 10 nitrogen and oxygen atoms in total. The van der Waals surface area contributed by atoms with Crippen LogP contribution in [0.2, 0.25) is 0 Å². The number of aryl methyl sites for hydroxylation is 2. The number of para-hydroxylation sites is 1. The quantitative estimate of drug-likeness (QED) is 0.489. The summed E-state index contributed by atoms with van der Waals surface area (Å²) in [5.41, 5.74) is 1.40. The molecule has 0 atom stereocenters. The summed E-state index contributed by atoms with van der Waals surface area (Å²) in [6, 6.07) is 9.74. The van der Waals surface area contributed by atoms with Crippen molar-refractivity contribution in [2.24, 2.45) is 7.05 Å². The molecule has 1 aromatic carbocycles. The van der Waals surface area contributed by atoms with Crippen LogP contribution in [0.3, 0.4) is 0 Å². The highest BCUT2D eigenvalue weighted by molar-refractivity contribution is 7.92. The number of aromatic nitrogens is 3. The van der Waals surface area contributed by atoms with Crippen LogP contribution in [0.5, 0.6) is 17.5 Å². The molecule has 0 spiro atoms. The molecule has 34 heavy (non-hydrogen) atoms. The Morgan fingerprint density at radius 3 is 2.65 bits per heavy atom. The van der Waals surface area contributed by atoms with E-state index in [2.05, 4.69) is 14.7 Å². The number of ether oxygens (including phenoxy) is 2. The van der Waals surface area contributed by atoms with Gasteiger partial charge in [0.25, 0.3) is 5.56 Å². The van der Waals surface area contributed by atoms with E-state index in [1.54, 1.807) is 44.4 Å². The van der Waals surface area contributed by atoms with E-state index in [4.69, 9.17) is 9.47 Å². The third-order valence-corrected chi connectivity index (χ3v) is 6.25. The Kier molecular flexibility index (Phi) is 7.53. The van der Waals surface area contributed by atoms with Crippen molar-refractivity contribution in [2.75, 3.05) is 17.6 Å². The lowest BCUT2D eigenvalue weighted by Crippen LogP contribution is -2.19. The van der Waals surface area contributed by atoms with Crippen LogP contribution in [0.4, 0.5) is 5.82 Å². The molecule has 178 valence electrons. The Morgan fingerprint density at radius 2 is 2.00 bits per heavy atom. The number of unbranched alkanes of at least 4 members (excludes halogenated alkanes) is 1. The highest BCUT2D eigenvalue weighted by Crippen LogP contribution is 2.34. The van der Waals surface area contributed by atoms with Gasteiger partial charge in [0.05, 0.1) is 24.1 Å². The van der Waals surface area contributed by atoms with E-state index in [0.29, 0.717) is 29.7 Å². The van der Waals surface area contributed by atoms with E-state index in [1.165, 1.54) is 17.7 Å². The van der Waals surface area contributed by atoms with Crippen molar-refractivity contribution in [1.82, 2.24) is 14.5 Å². The van der Waals surface area contributed by atoms with Crippen LogP contribution in [0.25, 0.3) is 11.3 Å². The maximum absolute atomic E-state index is 12.5. The van der Waals surface area contributed by atoms with Gasteiger partial charge in [0.2, 0.25) is 10.0 Å². The number of hydrogen-bond donors (Lipinski definition) is 1. The molecule has 0 aliphatic rings. The van der Waals surface area contributed by atoms with Crippen molar-refractivity contribution in [2.45, 2.75) is 26.7 Å². The van der Waals surface area contributed by atoms with Gasteiger partial charge in [0.15, 0.2) is 11.5 Å². The average Bonchev–Trinajstić information content (AvgIpc) is 2.80. The monoisotopic (exact) mass is 483 g/mol. The largest absolute Gasteiger partial charge is 0.493 e. The highest BCUT2D eigenvalue weighted by Gasteiger charge is 2.18. The number of anilines is 1. The number of benzene rings is 1. The van der Waals surface area contributed by atoms with Crippen molar-refractivity contribution in [3.8, 4) is 34.8 Å². The zero-order valence-electron chi connectivity index (χ0n) is 19.3. The molecular weight excluding hydrogens is 458 g/mol. The fourth-order valence-corrected chi connectivity index (χ4v) is 4.39. The third kappa shape index (κ3) is 5.71. The zero-order chi connectivity index (χ0) is 24.9. The van der Waals surface area contributed by atoms with E-state index in [0.717, 1.165) is 0 Å². The van der Waals surface area contributed by atoms with Crippen molar-refractivity contribution in [3.05, 3.63) is 58.0 Å². The Morgan fingerprint density at radius 1 is 1.24 bits per heavy atom. The summed E-state index contributed by atoms with van der Waals surface area (Å²) in [6.07, 6.45) is 2.79. The minimum Gasteiger partial charge on any atom is -0.493 e. The van der Waals surface area contributed by atoms with Gasteiger partial charge < -0.3 is 14.0 Å². The summed E-state index contributed by atoms with van der Waals surface area (Å²) in [5, 5.41) is 9.48. The SMILES string of the molecule is CCCCS(=O)(=O)Nc1cc(-c2cc(C)c(=O)n(C)c2)nc(Oc2c(C#N)cccc2OC)n1. The van der Waals surface area contributed by atoms with Gasteiger partial charge >= 0.3 is 6.01 Å². The molecule has 0 amide bonds. The molecule has 0 aliphatic carbocycles. The molecule has 0 aliphatic heterocycles. The molecule has 0 saturated carbocycles. The lowest BCUT2D eigenvalue weighted by Gasteiger charge is -2.14. The summed E-state index contributed by atoms with van der Waals surface area (Å²) in [5.74, 6) is 0.316. The molecule has 0 bridgehead atoms. The fourth-order valence-electron chi connectivity index (χ4n) is 3.19. The van der Waals surface area contributed by atoms with E-state index in [9.17, 15) is 18.5 Å². The van der Waals surface area contributed by atoms with Crippen LogP contribution in [0.1, 0.15) is 30.9 Å². The first-order valence-corrected chi connectivity index (χ1v) is 12.1. The zero-order valence-corrected chi connectivity index (χ0v) is 20.1. The first-order valence-electron chi connectivity index (χ1n) is 10.5. The molecule has 3 aromatic rings. The van der Waals surface area contributed by atoms with Crippen LogP contribution in [-0.2, 0) is 17.1 Å². The Hall–Kier alpha value is -3.91. The minimum atomic E-state index is -3.66. The number of pyridine rings is 1. The van der Waals surface area contributed by atoms with Gasteiger partial charge in [-0.15, -0.1) is 0 Å². The van der Waals surface area contributed by atoms with Crippen molar-refractivity contribution < 1.29 is 17.9 Å².